The summed E-state index contributed by atoms with van der Waals surface area (Å²) in [6.45, 7) is 7.25. The van der Waals surface area contributed by atoms with E-state index in [1.807, 2.05) is 49.1 Å². The summed E-state index contributed by atoms with van der Waals surface area (Å²) in [5, 5.41) is 0. The van der Waals surface area contributed by atoms with Crippen LogP contribution < -0.4 is 0 Å². The van der Waals surface area contributed by atoms with Gasteiger partial charge in [-0.25, -0.2) is 0 Å². The smallest absolute Gasteiger partial charge is 0.282 e. The van der Waals surface area contributed by atoms with Crippen LogP contribution in [0.25, 0.3) is 0 Å². The molecule has 1 aromatic carbocycles. The first kappa shape index (κ1) is 21.2. The van der Waals surface area contributed by atoms with Gasteiger partial charge in [0.15, 0.2) is 0 Å². The molecule has 0 radical (unpaired) electrons. The van der Waals surface area contributed by atoms with E-state index in [0.717, 1.165) is 5.56 Å². The summed E-state index contributed by atoms with van der Waals surface area (Å²) < 4.78 is 34.0. The second kappa shape index (κ2) is 8.90. The number of carbonyl (C=O) groups excluding carboxylic acids is 1. The quantitative estimate of drug-likeness (QED) is 0.713. The Balaban J connectivity index is 1.75. The standard InChI is InChI=1S/C20H31N3O4S/c1-3-22(4-2)28(25,26)23-14-12-21(13-15-23)19(24)20(10-16-27-17-11-20)18-8-6-5-7-9-18/h5-9H,3-4,10-17H2,1-2H3. The van der Waals surface area contributed by atoms with Gasteiger partial charge in [0.25, 0.3) is 10.2 Å². The van der Waals surface area contributed by atoms with Crippen LogP contribution in [0.15, 0.2) is 30.3 Å². The van der Waals surface area contributed by atoms with E-state index in [1.165, 1.54) is 8.61 Å². The van der Waals surface area contributed by atoms with Crippen LogP contribution in [0.1, 0.15) is 32.3 Å². The van der Waals surface area contributed by atoms with Gasteiger partial charge in [0.1, 0.15) is 0 Å². The Bertz CT molecular complexity index is 751. The lowest BCUT2D eigenvalue weighted by atomic mass is 9.73. The maximum atomic E-state index is 13.6. The zero-order valence-corrected chi connectivity index (χ0v) is 17.7. The lowest BCUT2D eigenvalue weighted by molar-refractivity contribution is -0.142. The highest BCUT2D eigenvalue weighted by Gasteiger charge is 2.45. The third kappa shape index (κ3) is 3.96. The van der Waals surface area contributed by atoms with Crippen molar-refractivity contribution in [3.05, 3.63) is 35.9 Å². The minimum absolute atomic E-state index is 0.0990. The minimum atomic E-state index is -3.46. The fourth-order valence-electron chi connectivity index (χ4n) is 4.24. The second-order valence-corrected chi connectivity index (χ2v) is 9.27. The highest BCUT2D eigenvalue weighted by Crippen LogP contribution is 2.37. The van der Waals surface area contributed by atoms with Gasteiger partial charge in [-0.1, -0.05) is 44.2 Å². The van der Waals surface area contributed by atoms with Crippen LogP contribution in [0.2, 0.25) is 0 Å². The number of nitrogens with zero attached hydrogens (tertiary/aromatic N) is 3. The fourth-order valence-corrected chi connectivity index (χ4v) is 5.84. The number of hydrogen-bond donors (Lipinski definition) is 0. The average molecular weight is 410 g/mol. The first-order valence-electron chi connectivity index (χ1n) is 10.1. The van der Waals surface area contributed by atoms with Gasteiger partial charge in [0, 0.05) is 52.5 Å². The van der Waals surface area contributed by atoms with Crippen molar-refractivity contribution in [3.63, 3.8) is 0 Å². The van der Waals surface area contributed by atoms with Crippen LogP contribution in [-0.2, 0) is 25.2 Å². The molecular formula is C20H31N3O4S. The van der Waals surface area contributed by atoms with Gasteiger partial charge in [0.05, 0.1) is 5.41 Å². The van der Waals surface area contributed by atoms with Crippen molar-refractivity contribution in [1.29, 1.82) is 0 Å². The molecule has 8 heteroatoms. The normalized spacial score (nSPS) is 21.0. The summed E-state index contributed by atoms with van der Waals surface area (Å²) in [6.07, 6.45) is 1.32. The van der Waals surface area contributed by atoms with Gasteiger partial charge in [0.2, 0.25) is 5.91 Å². The lowest BCUT2D eigenvalue weighted by Gasteiger charge is -2.43. The number of ether oxygens (including phenoxy) is 1. The van der Waals surface area contributed by atoms with Gasteiger partial charge in [-0.3, -0.25) is 4.79 Å². The Morgan fingerprint density at radius 3 is 2.14 bits per heavy atom. The third-order valence-corrected chi connectivity index (χ3v) is 8.15. The molecule has 156 valence electrons. The number of benzene rings is 1. The van der Waals surface area contributed by atoms with Crippen molar-refractivity contribution in [2.75, 3.05) is 52.5 Å². The van der Waals surface area contributed by atoms with Gasteiger partial charge in [-0.05, 0) is 18.4 Å². The van der Waals surface area contributed by atoms with Crippen molar-refractivity contribution in [3.8, 4) is 0 Å². The van der Waals surface area contributed by atoms with E-state index in [0.29, 0.717) is 65.3 Å². The molecule has 28 heavy (non-hydrogen) atoms. The monoisotopic (exact) mass is 409 g/mol. The van der Waals surface area contributed by atoms with Gasteiger partial charge in [-0.15, -0.1) is 0 Å². The highest BCUT2D eigenvalue weighted by molar-refractivity contribution is 7.86. The molecule has 0 bridgehead atoms. The van der Waals surface area contributed by atoms with E-state index in [-0.39, 0.29) is 5.91 Å². The summed E-state index contributed by atoms with van der Waals surface area (Å²) >= 11 is 0. The molecule has 3 rings (SSSR count). The lowest BCUT2D eigenvalue weighted by Crippen LogP contribution is -2.58. The van der Waals surface area contributed by atoms with E-state index in [9.17, 15) is 13.2 Å². The average Bonchev–Trinajstić information content (AvgIpc) is 2.75. The summed E-state index contributed by atoms with van der Waals surface area (Å²) in [5.41, 5.74) is 0.459. The molecule has 2 aliphatic rings. The molecule has 0 unspecified atom stereocenters. The van der Waals surface area contributed by atoms with Crippen molar-refractivity contribution in [2.24, 2.45) is 0 Å². The van der Waals surface area contributed by atoms with Crippen LogP contribution >= 0.6 is 0 Å². The van der Waals surface area contributed by atoms with E-state index >= 15 is 0 Å². The molecule has 0 aliphatic carbocycles. The SMILES string of the molecule is CCN(CC)S(=O)(=O)N1CCN(C(=O)C2(c3ccccc3)CCOCC2)CC1. The van der Waals surface area contributed by atoms with E-state index < -0.39 is 15.6 Å². The van der Waals surface area contributed by atoms with Crippen LogP contribution in [-0.4, -0.2) is 80.3 Å². The van der Waals surface area contributed by atoms with Gasteiger partial charge in [-0.2, -0.15) is 17.0 Å². The molecule has 2 aliphatic heterocycles. The Kier molecular flexibility index (Phi) is 6.75. The Morgan fingerprint density at radius 2 is 1.61 bits per heavy atom. The Hall–Kier alpha value is -1.48. The largest absolute Gasteiger partial charge is 0.381 e. The van der Waals surface area contributed by atoms with Crippen LogP contribution in [0.3, 0.4) is 0 Å². The number of piperazine rings is 1. The van der Waals surface area contributed by atoms with Crippen molar-refractivity contribution < 1.29 is 17.9 Å². The van der Waals surface area contributed by atoms with E-state index in [4.69, 9.17) is 4.74 Å². The summed E-state index contributed by atoms with van der Waals surface area (Å²) in [7, 11) is -3.46. The second-order valence-electron chi connectivity index (χ2n) is 7.34. The number of rotatable bonds is 6. The summed E-state index contributed by atoms with van der Waals surface area (Å²) in [5.74, 6) is 0.0990. The molecule has 0 atom stereocenters. The zero-order chi connectivity index (χ0) is 20.2. The van der Waals surface area contributed by atoms with Crippen LogP contribution in [0, 0.1) is 0 Å². The molecule has 0 saturated carbocycles. The van der Waals surface area contributed by atoms with Crippen molar-refractivity contribution >= 4 is 16.1 Å². The Labute approximate surface area is 168 Å². The van der Waals surface area contributed by atoms with E-state index in [1.54, 1.807) is 0 Å². The predicted molar refractivity (Wildman–Crippen MR) is 108 cm³/mol. The molecule has 1 amide bonds. The number of hydrogen-bond acceptors (Lipinski definition) is 4. The first-order valence-corrected chi connectivity index (χ1v) is 11.5. The predicted octanol–water partition coefficient (Wildman–Crippen LogP) is 1.47. The van der Waals surface area contributed by atoms with Gasteiger partial charge < -0.3 is 9.64 Å². The molecule has 0 N–H and O–H groups in total. The maximum absolute atomic E-state index is 13.6. The third-order valence-electron chi connectivity index (χ3n) is 5.97. The van der Waals surface area contributed by atoms with Crippen molar-refractivity contribution in [2.45, 2.75) is 32.1 Å². The zero-order valence-electron chi connectivity index (χ0n) is 16.8. The highest BCUT2D eigenvalue weighted by atomic mass is 32.2. The van der Waals surface area contributed by atoms with Crippen LogP contribution in [0.5, 0.6) is 0 Å². The molecule has 0 spiro atoms. The van der Waals surface area contributed by atoms with Gasteiger partial charge >= 0.3 is 0 Å². The Morgan fingerprint density at radius 1 is 1.04 bits per heavy atom. The fraction of sp³-hybridized carbons (Fsp3) is 0.650. The molecule has 0 aromatic heterocycles. The van der Waals surface area contributed by atoms with Crippen molar-refractivity contribution in [1.82, 2.24) is 13.5 Å². The first-order chi connectivity index (χ1) is 13.5. The maximum Gasteiger partial charge on any atom is 0.282 e. The molecule has 1 aromatic rings. The molecule has 7 nitrogen and oxygen atoms in total. The molecule has 2 heterocycles. The number of amides is 1. The molecular weight excluding hydrogens is 378 g/mol. The van der Waals surface area contributed by atoms with Crippen LogP contribution in [0.4, 0.5) is 0 Å². The summed E-state index contributed by atoms with van der Waals surface area (Å²) in [4.78, 5) is 15.4. The summed E-state index contributed by atoms with van der Waals surface area (Å²) in [6, 6.07) is 9.93. The molecule has 2 saturated heterocycles. The van der Waals surface area contributed by atoms with E-state index in [2.05, 4.69) is 0 Å². The topological polar surface area (TPSA) is 70.2 Å². The molecule has 2 fully saturated rings. The minimum Gasteiger partial charge on any atom is -0.381 e. The number of carbonyl (C=O) groups is 1.